The molecule has 1 aromatic carbocycles. The molecule has 2 rings (SSSR count). The zero-order chi connectivity index (χ0) is 17.7. The quantitative estimate of drug-likeness (QED) is 0.608. The third-order valence-electron chi connectivity index (χ3n) is 2.97. The number of carbonyl (C=O) groups is 2. The topological polar surface area (TPSA) is 68.3 Å². The zero-order valence-corrected chi connectivity index (χ0v) is 15.7. The highest BCUT2D eigenvalue weighted by Gasteiger charge is 2.19. The fraction of sp³-hybridized carbons (Fsp3) is 0.353. The molecule has 24 heavy (non-hydrogen) atoms. The Balaban J connectivity index is 2.19. The van der Waals surface area contributed by atoms with Crippen LogP contribution in [-0.2, 0) is 4.74 Å². The first-order chi connectivity index (χ1) is 11.4. The summed E-state index contributed by atoms with van der Waals surface area (Å²) in [6, 6.07) is 7.45. The summed E-state index contributed by atoms with van der Waals surface area (Å²) in [5.74, 6) is -0.647. The predicted molar refractivity (Wildman–Crippen MR) is 98.2 cm³/mol. The Bertz CT molecular complexity index is 741. The zero-order valence-electron chi connectivity index (χ0n) is 14.1. The summed E-state index contributed by atoms with van der Waals surface area (Å²) in [4.78, 5) is 30.0. The molecule has 1 N–H and O–H groups in total. The van der Waals surface area contributed by atoms with E-state index in [4.69, 9.17) is 4.74 Å². The van der Waals surface area contributed by atoms with E-state index in [-0.39, 0.29) is 5.91 Å². The number of anilines is 1. The van der Waals surface area contributed by atoms with E-state index < -0.39 is 5.97 Å². The number of esters is 1. The maximum absolute atomic E-state index is 12.6. The van der Waals surface area contributed by atoms with E-state index in [1.54, 1.807) is 31.7 Å². The van der Waals surface area contributed by atoms with Crippen LogP contribution in [0.5, 0.6) is 0 Å². The Kier molecular flexibility index (Phi) is 6.39. The van der Waals surface area contributed by atoms with Crippen molar-refractivity contribution >= 4 is 40.1 Å². The number of nitrogens with zero attached hydrogens (tertiary/aromatic N) is 1. The van der Waals surface area contributed by atoms with Crippen molar-refractivity contribution in [2.24, 2.45) is 0 Å². The largest absolute Gasteiger partial charge is 0.462 e. The SMILES string of the molecule is CCOC(=O)c1sc(NC(=O)c2ccccc2SC(C)C)nc1C. The minimum absolute atomic E-state index is 0.233. The van der Waals surface area contributed by atoms with E-state index in [1.165, 1.54) is 0 Å². The monoisotopic (exact) mass is 364 g/mol. The van der Waals surface area contributed by atoms with Gasteiger partial charge >= 0.3 is 5.97 Å². The second kappa shape index (κ2) is 8.30. The Morgan fingerprint density at radius 2 is 2.04 bits per heavy atom. The second-order valence-electron chi connectivity index (χ2n) is 5.27. The number of amides is 1. The van der Waals surface area contributed by atoms with Gasteiger partial charge in [0.2, 0.25) is 0 Å². The van der Waals surface area contributed by atoms with Crippen molar-refractivity contribution in [3.8, 4) is 0 Å². The van der Waals surface area contributed by atoms with Crippen molar-refractivity contribution in [3.05, 3.63) is 40.4 Å². The molecule has 0 bridgehead atoms. The maximum atomic E-state index is 12.6. The Morgan fingerprint density at radius 1 is 1.33 bits per heavy atom. The number of benzene rings is 1. The summed E-state index contributed by atoms with van der Waals surface area (Å²) in [6.07, 6.45) is 0. The number of rotatable bonds is 6. The molecule has 128 valence electrons. The molecule has 0 saturated carbocycles. The molecule has 0 aliphatic rings. The molecule has 5 nitrogen and oxygen atoms in total. The summed E-state index contributed by atoms with van der Waals surface area (Å²) in [6.45, 7) is 7.93. The van der Waals surface area contributed by atoms with Gasteiger partial charge in [0, 0.05) is 10.1 Å². The third-order valence-corrected chi connectivity index (χ3v) is 5.11. The Labute approximate surface area is 149 Å². The van der Waals surface area contributed by atoms with Gasteiger partial charge in [0.15, 0.2) is 5.13 Å². The van der Waals surface area contributed by atoms with Gasteiger partial charge in [-0.15, -0.1) is 11.8 Å². The lowest BCUT2D eigenvalue weighted by molar-refractivity contribution is 0.0531. The molecule has 0 fully saturated rings. The maximum Gasteiger partial charge on any atom is 0.350 e. The van der Waals surface area contributed by atoms with Gasteiger partial charge in [-0.05, 0) is 26.0 Å². The highest BCUT2D eigenvalue weighted by atomic mass is 32.2. The third kappa shape index (κ3) is 4.58. The summed E-state index contributed by atoms with van der Waals surface area (Å²) in [5.41, 5.74) is 1.15. The van der Waals surface area contributed by atoms with Crippen LogP contribution in [0, 0.1) is 6.92 Å². The van der Waals surface area contributed by atoms with Crippen LogP contribution < -0.4 is 5.32 Å². The highest BCUT2D eigenvalue weighted by Crippen LogP contribution is 2.28. The first kappa shape index (κ1) is 18.5. The molecule has 1 heterocycles. The number of nitrogens with one attached hydrogen (secondary N) is 1. The van der Waals surface area contributed by atoms with Gasteiger partial charge in [0.05, 0.1) is 17.9 Å². The van der Waals surface area contributed by atoms with Crippen molar-refractivity contribution in [2.45, 2.75) is 37.8 Å². The van der Waals surface area contributed by atoms with E-state index >= 15 is 0 Å². The lowest BCUT2D eigenvalue weighted by Gasteiger charge is -2.10. The Morgan fingerprint density at radius 3 is 2.71 bits per heavy atom. The molecule has 0 radical (unpaired) electrons. The van der Waals surface area contributed by atoms with E-state index in [9.17, 15) is 9.59 Å². The van der Waals surface area contributed by atoms with Crippen LogP contribution in [0.4, 0.5) is 5.13 Å². The van der Waals surface area contributed by atoms with Gasteiger partial charge in [-0.2, -0.15) is 0 Å². The van der Waals surface area contributed by atoms with E-state index in [1.807, 2.05) is 18.2 Å². The van der Waals surface area contributed by atoms with Crippen molar-refractivity contribution in [2.75, 3.05) is 11.9 Å². The standard InChI is InChI=1S/C17H20N2O3S2/c1-5-22-16(21)14-11(4)18-17(24-14)19-15(20)12-8-6-7-9-13(12)23-10(2)3/h6-10H,5H2,1-4H3,(H,18,19,20). The van der Waals surface area contributed by atoms with Crippen LogP contribution in [-0.4, -0.2) is 28.7 Å². The molecule has 1 amide bonds. The van der Waals surface area contributed by atoms with Crippen LogP contribution in [0.3, 0.4) is 0 Å². The molecule has 0 spiro atoms. The van der Waals surface area contributed by atoms with Crippen molar-refractivity contribution in [1.29, 1.82) is 0 Å². The van der Waals surface area contributed by atoms with Crippen molar-refractivity contribution in [3.63, 3.8) is 0 Å². The number of ether oxygens (including phenoxy) is 1. The Hall–Kier alpha value is -1.86. The molecule has 0 atom stereocenters. The minimum atomic E-state index is -0.413. The molecule has 0 aliphatic carbocycles. The molecule has 0 unspecified atom stereocenters. The van der Waals surface area contributed by atoms with Crippen LogP contribution >= 0.6 is 23.1 Å². The normalized spacial score (nSPS) is 10.7. The number of carbonyl (C=O) groups excluding carboxylic acids is 2. The summed E-state index contributed by atoms with van der Waals surface area (Å²) < 4.78 is 4.99. The lowest BCUT2D eigenvalue weighted by Crippen LogP contribution is -2.13. The number of aryl methyl sites for hydroxylation is 1. The first-order valence-electron chi connectivity index (χ1n) is 7.64. The summed E-state index contributed by atoms with van der Waals surface area (Å²) in [5, 5.41) is 3.54. The van der Waals surface area contributed by atoms with Gasteiger partial charge in [0.25, 0.3) is 5.91 Å². The molecule has 0 aliphatic heterocycles. The number of hydrogen-bond donors (Lipinski definition) is 1. The fourth-order valence-electron chi connectivity index (χ4n) is 2.01. The van der Waals surface area contributed by atoms with Gasteiger partial charge in [-0.25, -0.2) is 9.78 Å². The van der Waals surface area contributed by atoms with Crippen LogP contribution in [0.2, 0.25) is 0 Å². The van der Waals surface area contributed by atoms with Gasteiger partial charge < -0.3 is 4.74 Å². The molecule has 0 saturated heterocycles. The van der Waals surface area contributed by atoms with E-state index in [0.717, 1.165) is 16.2 Å². The molecule has 7 heteroatoms. The highest BCUT2D eigenvalue weighted by molar-refractivity contribution is 8.00. The first-order valence-corrected chi connectivity index (χ1v) is 9.33. The van der Waals surface area contributed by atoms with Gasteiger partial charge in [-0.3, -0.25) is 10.1 Å². The van der Waals surface area contributed by atoms with Crippen LogP contribution in [0.25, 0.3) is 0 Å². The van der Waals surface area contributed by atoms with Crippen molar-refractivity contribution in [1.82, 2.24) is 4.98 Å². The number of hydrogen-bond acceptors (Lipinski definition) is 6. The number of thiazole rings is 1. The molecular weight excluding hydrogens is 344 g/mol. The predicted octanol–water partition coefficient (Wildman–Crippen LogP) is 4.38. The van der Waals surface area contributed by atoms with Crippen LogP contribution in [0.15, 0.2) is 29.2 Å². The number of thioether (sulfide) groups is 1. The second-order valence-corrected chi connectivity index (χ2v) is 7.89. The smallest absolute Gasteiger partial charge is 0.350 e. The van der Waals surface area contributed by atoms with Crippen LogP contribution in [0.1, 0.15) is 46.5 Å². The van der Waals surface area contributed by atoms with Gasteiger partial charge in [0.1, 0.15) is 4.88 Å². The van der Waals surface area contributed by atoms with E-state index in [2.05, 4.69) is 24.1 Å². The average Bonchev–Trinajstić information content (AvgIpc) is 2.88. The average molecular weight is 364 g/mol. The number of aromatic nitrogens is 1. The van der Waals surface area contributed by atoms with Crippen molar-refractivity contribution < 1.29 is 14.3 Å². The minimum Gasteiger partial charge on any atom is -0.462 e. The fourth-order valence-corrected chi connectivity index (χ4v) is 3.82. The van der Waals surface area contributed by atoms with Gasteiger partial charge in [-0.1, -0.05) is 37.3 Å². The summed E-state index contributed by atoms with van der Waals surface area (Å²) in [7, 11) is 0. The molecular formula is C17H20N2O3S2. The summed E-state index contributed by atoms with van der Waals surface area (Å²) >= 11 is 2.76. The van der Waals surface area contributed by atoms with E-state index in [0.29, 0.717) is 33.1 Å². The molecule has 2 aromatic rings. The lowest BCUT2D eigenvalue weighted by atomic mass is 10.2. The molecule has 1 aromatic heterocycles.